The third-order valence-corrected chi connectivity index (χ3v) is 6.51. The van der Waals surface area contributed by atoms with E-state index in [4.69, 9.17) is 0 Å². The Hall–Kier alpha value is -1.06. The summed E-state index contributed by atoms with van der Waals surface area (Å²) in [6, 6.07) is 12.0. The second-order valence-electron chi connectivity index (χ2n) is 8.92. The van der Waals surface area contributed by atoms with Crippen molar-refractivity contribution in [2.45, 2.75) is 51.6 Å². The summed E-state index contributed by atoms with van der Waals surface area (Å²) in [5, 5.41) is 7.14. The predicted octanol–water partition coefficient (Wildman–Crippen LogP) is 3.24. The highest BCUT2D eigenvalue weighted by Gasteiger charge is 2.21. The van der Waals surface area contributed by atoms with Crippen LogP contribution in [0, 0.1) is 0 Å². The lowest BCUT2D eigenvalue weighted by atomic mass is 10.0. The molecule has 7 heteroatoms. The number of rotatable bonds is 8. The van der Waals surface area contributed by atoms with Gasteiger partial charge in [0.15, 0.2) is 5.96 Å². The topological polar surface area (TPSA) is 46.1 Å². The van der Waals surface area contributed by atoms with E-state index in [0.29, 0.717) is 12.1 Å². The van der Waals surface area contributed by atoms with Crippen LogP contribution in [0.5, 0.6) is 0 Å². The van der Waals surface area contributed by atoms with E-state index >= 15 is 0 Å². The van der Waals surface area contributed by atoms with Gasteiger partial charge in [0.25, 0.3) is 0 Å². The van der Waals surface area contributed by atoms with Crippen molar-refractivity contribution in [2.24, 2.45) is 4.99 Å². The van der Waals surface area contributed by atoms with Crippen LogP contribution in [-0.2, 0) is 0 Å². The highest BCUT2D eigenvalue weighted by molar-refractivity contribution is 14.0. The average molecular weight is 543 g/mol. The Morgan fingerprint density at radius 1 is 1.00 bits per heavy atom. The number of piperidine rings is 1. The highest BCUT2D eigenvalue weighted by Crippen LogP contribution is 2.16. The molecule has 0 amide bonds. The van der Waals surface area contributed by atoms with Gasteiger partial charge in [-0.25, -0.2) is 0 Å². The van der Waals surface area contributed by atoms with Crippen LogP contribution in [0.1, 0.15) is 39.5 Å². The van der Waals surface area contributed by atoms with Gasteiger partial charge in [0.05, 0.1) is 0 Å². The molecule has 0 saturated carbocycles. The van der Waals surface area contributed by atoms with Gasteiger partial charge in [-0.2, -0.15) is 0 Å². The molecule has 0 atom stereocenters. The number of benzene rings is 1. The van der Waals surface area contributed by atoms with Gasteiger partial charge in [0, 0.05) is 70.6 Å². The van der Waals surface area contributed by atoms with Gasteiger partial charge in [-0.1, -0.05) is 18.2 Å². The van der Waals surface area contributed by atoms with E-state index in [1.165, 1.54) is 64.1 Å². The molecular formula is C24H43IN6. The minimum atomic E-state index is 0. The van der Waals surface area contributed by atoms with E-state index < -0.39 is 0 Å². The largest absolute Gasteiger partial charge is 0.369 e. The molecule has 0 spiro atoms. The number of nitrogens with one attached hydrogen (secondary N) is 2. The zero-order valence-corrected chi connectivity index (χ0v) is 22.1. The summed E-state index contributed by atoms with van der Waals surface area (Å²) >= 11 is 0. The Morgan fingerprint density at radius 3 is 2.29 bits per heavy atom. The van der Waals surface area contributed by atoms with Gasteiger partial charge in [-0.05, 0) is 58.2 Å². The molecule has 0 bridgehead atoms. The van der Waals surface area contributed by atoms with Gasteiger partial charge >= 0.3 is 0 Å². The smallest absolute Gasteiger partial charge is 0.191 e. The molecule has 0 aliphatic carbocycles. The molecule has 2 heterocycles. The molecule has 0 unspecified atom stereocenters. The van der Waals surface area contributed by atoms with Gasteiger partial charge in [-0.15, -0.1) is 24.0 Å². The minimum Gasteiger partial charge on any atom is -0.369 e. The molecule has 2 saturated heterocycles. The summed E-state index contributed by atoms with van der Waals surface area (Å²) in [4.78, 5) is 12.1. The van der Waals surface area contributed by atoms with Crippen LogP contribution in [0.4, 0.5) is 5.69 Å². The maximum absolute atomic E-state index is 4.43. The fourth-order valence-electron chi connectivity index (χ4n) is 4.48. The van der Waals surface area contributed by atoms with Gasteiger partial charge in [0.2, 0.25) is 0 Å². The van der Waals surface area contributed by atoms with Crippen LogP contribution in [0.3, 0.4) is 0 Å². The third-order valence-electron chi connectivity index (χ3n) is 6.51. The molecule has 6 nitrogen and oxygen atoms in total. The van der Waals surface area contributed by atoms with E-state index in [-0.39, 0.29) is 24.0 Å². The SMILES string of the molecule is CN=C(NCCCCN1CCN(c2ccccc2)CC1)NC1CCN(C(C)C)CC1.I. The van der Waals surface area contributed by atoms with Crippen molar-refractivity contribution in [3.8, 4) is 0 Å². The zero-order chi connectivity index (χ0) is 21.2. The Morgan fingerprint density at radius 2 is 1.68 bits per heavy atom. The number of para-hydroxylation sites is 1. The van der Waals surface area contributed by atoms with Crippen LogP contribution in [0.25, 0.3) is 0 Å². The maximum Gasteiger partial charge on any atom is 0.191 e. The Bertz CT molecular complexity index is 622. The van der Waals surface area contributed by atoms with Crippen molar-refractivity contribution in [3.05, 3.63) is 30.3 Å². The first-order valence-electron chi connectivity index (χ1n) is 11.9. The van der Waals surface area contributed by atoms with Crippen molar-refractivity contribution >= 4 is 35.6 Å². The van der Waals surface area contributed by atoms with Crippen LogP contribution in [0.2, 0.25) is 0 Å². The van der Waals surface area contributed by atoms with E-state index in [9.17, 15) is 0 Å². The lowest BCUT2D eigenvalue weighted by Gasteiger charge is -2.36. The maximum atomic E-state index is 4.43. The molecule has 0 aromatic heterocycles. The summed E-state index contributed by atoms with van der Waals surface area (Å²) in [5.74, 6) is 0.967. The lowest BCUT2D eigenvalue weighted by molar-refractivity contribution is 0.167. The minimum absolute atomic E-state index is 0. The molecule has 2 aliphatic heterocycles. The monoisotopic (exact) mass is 542 g/mol. The van der Waals surface area contributed by atoms with Crippen LogP contribution < -0.4 is 15.5 Å². The molecule has 1 aromatic rings. The Labute approximate surface area is 206 Å². The number of piperazine rings is 1. The summed E-state index contributed by atoms with van der Waals surface area (Å²) in [7, 11) is 1.88. The van der Waals surface area contributed by atoms with E-state index in [2.05, 4.69) is 74.5 Å². The number of aliphatic imine (C=N–C) groups is 1. The quantitative estimate of drug-likeness (QED) is 0.229. The fraction of sp³-hybridized carbons (Fsp3) is 0.708. The standard InChI is InChI=1S/C24H42N6.HI/c1-21(2)29-15-11-22(12-16-29)27-24(25-3)26-13-7-8-14-28-17-19-30(20-18-28)23-9-5-4-6-10-23;/h4-6,9-10,21-22H,7-8,11-20H2,1-3H3,(H2,25,26,27);1H. The Kier molecular flexibility index (Phi) is 12.0. The molecule has 2 N–H and O–H groups in total. The first-order valence-corrected chi connectivity index (χ1v) is 11.9. The summed E-state index contributed by atoms with van der Waals surface area (Å²) in [6.07, 6.45) is 4.83. The normalized spacial score (nSPS) is 19.4. The first kappa shape index (κ1) is 26.2. The summed E-state index contributed by atoms with van der Waals surface area (Å²) in [5.41, 5.74) is 1.36. The molecular weight excluding hydrogens is 499 g/mol. The van der Waals surface area contributed by atoms with Crippen molar-refractivity contribution in [1.29, 1.82) is 0 Å². The number of guanidine groups is 1. The van der Waals surface area contributed by atoms with E-state index in [1.807, 2.05) is 7.05 Å². The molecule has 3 rings (SSSR count). The number of halogens is 1. The van der Waals surface area contributed by atoms with Crippen molar-refractivity contribution in [2.75, 3.05) is 64.3 Å². The number of anilines is 1. The number of nitrogens with zero attached hydrogens (tertiary/aromatic N) is 4. The fourth-order valence-corrected chi connectivity index (χ4v) is 4.48. The van der Waals surface area contributed by atoms with Crippen molar-refractivity contribution in [1.82, 2.24) is 20.4 Å². The second-order valence-corrected chi connectivity index (χ2v) is 8.92. The Balaban J connectivity index is 0.00000341. The van der Waals surface area contributed by atoms with Crippen molar-refractivity contribution in [3.63, 3.8) is 0 Å². The molecule has 2 aliphatic rings. The van der Waals surface area contributed by atoms with Crippen LogP contribution >= 0.6 is 24.0 Å². The molecule has 2 fully saturated rings. The van der Waals surface area contributed by atoms with Crippen LogP contribution in [0.15, 0.2) is 35.3 Å². The number of likely N-dealkylation sites (tertiary alicyclic amines) is 1. The highest BCUT2D eigenvalue weighted by atomic mass is 127. The van der Waals surface area contributed by atoms with E-state index in [0.717, 1.165) is 25.6 Å². The molecule has 1 aromatic carbocycles. The molecule has 0 radical (unpaired) electrons. The van der Waals surface area contributed by atoms with Gasteiger partial charge in [0.1, 0.15) is 0 Å². The lowest BCUT2D eigenvalue weighted by Crippen LogP contribution is -2.50. The zero-order valence-electron chi connectivity index (χ0n) is 19.7. The van der Waals surface area contributed by atoms with Crippen LogP contribution in [-0.4, -0.2) is 87.2 Å². The number of hydrogen-bond donors (Lipinski definition) is 2. The van der Waals surface area contributed by atoms with Crippen molar-refractivity contribution < 1.29 is 0 Å². The number of unbranched alkanes of at least 4 members (excludes halogenated alkanes) is 1. The number of hydrogen-bond acceptors (Lipinski definition) is 4. The average Bonchev–Trinajstić information content (AvgIpc) is 2.79. The third kappa shape index (κ3) is 8.77. The summed E-state index contributed by atoms with van der Waals surface area (Å²) in [6.45, 7) is 13.7. The molecule has 31 heavy (non-hydrogen) atoms. The van der Waals surface area contributed by atoms with Gasteiger partial charge < -0.3 is 20.4 Å². The first-order chi connectivity index (χ1) is 14.7. The predicted molar refractivity (Wildman–Crippen MR) is 144 cm³/mol. The second kappa shape index (κ2) is 14.2. The molecule has 176 valence electrons. The van der Waals surface area contributed by atoms with E-state index in [1.54, 1.807) is 0 Å². The summed E-state index contributed by atoms with van der Waals surface area (Å²) < 4.78 is 0. The van der Waals surface area contributed by atoms with Gasteiger partial charge in [-0.3, -0.25) is 9.89 Å².